The normalized spacial score (nSPS) is 20.4. The maximum absolute atomic E-state index is 13.2. The first-order valence-corrected chi connectivity index (χ1v) is 8.14. The second kappa shape index (κ2) is 6.48. The van der Waals surface area contributed by atoms with Crippen LogP contribution >= 0.6 is 0 Å². The predicted molar refractivity (Wildman–Crippen MR) is 88.9 cm³/mol. The highest BCUT2D eigenvalue weighted by Gasteiger charge is 2.51. The monoisotopic (exact) mass is 362 g/mol. The van der Waals surface area contributed by atoms with Crippen LogP contribution in [0.2, 0.25) is 0 Å². The molecule has 1 fully saturated rings. The highest BCUT2D eigenvalue weighted by Crippen LogP contribution is 2.36. The fourth-order valence-corrected chi connectivity index (χ4v) is 3.24. The molecule has 0 unspecified atom stereocenters. The van der Waals surface area contributed by atoms with E-state index >= 15 is 0 Å². The number of benzene rings is 2. The third kappa shape index (κ3) is 2.94. The van der Waals surface area contributed by atoms with E-state index in [4.69, 9.17) is 0 Å². The van der Waals surface area contributed by atoms with Crippen LogP contribution in [0.4, 0.5) is 18.0 Å². The summed E-state index contributed by atoms with van der Waals surface area (Å²) in [5.41, 5.74) is -1.63. The number of nitrogens with one attached hydrogen (secondary N) is 1. The van der Waals surface area contributed by atoms with Crippen LogP contribution in [0, 0.1) is 0 Å². The van der Waals surface area contributed by atoms with E-state index in [0.717, 1.165) is 11.0 Å². The van der Waals surface area contributed by atoms with Crippen LogP contribution < -0.4 is 5.32 Å². The Bertz CT molecular complexity index is 836. The summed E-state index contributed by atoms with van der Waals surface area (Å²) in [6, 6.07) is 13.0. The van der Waals surface area contributed by atoms with E-state index in [0.29, 0.717) is 12.0 Å². The number of carbonyl (C=O) groups excluding carboxylic acids is 2. The number of nitrogens with zero attached hydrogens (tertiary/aromatic N) is 1. The molecule has 2 aromatic rings. The van der Waals surface area contributed by atoms with Crippen LogP contribution in [0.1, 0.15) is 30.0 Å². The highest BCUT2D eigenvalue weighted by molar-refractivity contribution is 6.07. The molecule has 0 bridgehead atoms. The van der Waals surface area contributed by atoms with Crippen LogP contribution in [0.3, 0.4) is 0 Å². The lowest BCUT2D eigenvalue weighted by molar-refractivity contribution is -0.139. The Morgan fingerprint density at radius 2 is 1.62 bits per heavy atom. The van der Waals surface area contributed by atoms with Gasteiger partial charge in [-0.15, -0.1) is 0 Å². The van der Waals surface area contributed by atoms with Gasteiger partial charge in [-0.2, -0.15) is 13.2 Å². The number of amides is 3. The summed E-state index contributed by atoms with van der Waals surface area (Å²) in [7, 11) is 0. The fraction of sp³-hybridized carbons (Fsp3) is 0.263. The van der Waals surface area contributed by atoms with Gasteiger partial charge in [0.05, 0.1) is 12.1 Å². The van der Waals surface area contributed by atoms with E-state index in [1.165, 1.54) is 18.2 Å². The van der Waals surface area contributed by atoms with E-state index in [1.54, 1.807) is 37.3 Å². The van der Waals surface area contributed by atoms with Gasteiger partial charge in [0.2, 0.25) is 0 Å². The molecule has 2 aromatic carbocycles. The molecule has 1 saturated heterocycles. The second-order valence-electron chi connectivity index (χ2n) is 6.10. The molecular weight excluding hydrogens is 345 g/mol. The first kappa shape index (κ1) is 18.0. The van der Waals surface area contributed by atoms with Gasteiger partial charge in [0.1, 0.15) is 5.54 Å². The van der Waals surface area contributed by atoms with Crippen molar-refractivity contribution < 1.29 is 22.8 Å². The molecule has 4 nitrogen and oxygen atoms in total. The van der Waals surface area contributed by atoms with Crippen molar-refractivity contribution in [1.29, 1.82) is 0 Å². The predicted octanol–water partition coefficient (Wildman–Crippen LogP) is 4.06. The molecule has 0 radical (unpaired) electrons. The molecular formula is C19H17F3N2O2. The van der Waals surface area contributed by atoms with Gasteiger partial charge in [-0.1, -0.05) is 55.5 Å². The Kier molecular flexibility index (Phi) is 4.48. The van der Waals surface area contributed by atoms with E-state index < -0.39 is 35.8 Å². The molecule has 1 atom stereocenters. The van der Waals surface area contributed by atoms with E-state index in [1.807, 2.05) is 0 Å². The summed E-state index contributed by atoms with van der Waals surface area (Å²) in [6.45, 7) is 1.31. The molecule has 136 valence electrons. The van der Waals surface area contributed by atoms with E-state index in [-0.39, 0.29) is 5.56 Å². The molecule has 1 N–H and O–H groups in total. The number of alkyl halides is 3. The summed E-state index contributed by atoms with van der Waals surface area (Å²) >= 11 is 0. The standard InChI is InChI=1S/C19H17F3N2O2/c1-2-18(14-9-4-3-5-10-14)16(25)24(17(26)23-18)12-13-8-6-7-11-15(13)19(20,21)22/h3-11H,2,12H2,1H3,(H,23,26)/t18-/m1/s1. The van der Waals surface area contributed by atoms with Crippen molar-refractivity contribution in [3.63, 3.8) is 0 Å². The summed E-state index contributed by atoms with van der Waals surface area (Å²) in [4.78, 5) is 26.3. The Hall–Kier alpha value is -2.83. The Morgan fingerprint density at radius 3 is 2.23 bits per heavy atom. The summed E-state index contributed by atoms with van der Waals surface area (Å²) in [6.07, 6.45) is -4.27. The zero-order valence-corrected chi connectivity index (χ0v) is 14.0. The zero-order valence-electron chi connectivity index (χ0n) is 14.0. The lowest BCUT2D eigenvalue weighted by Gasteiger charge is -2.26. The maximum atomic E-state index is 13.2. The third-order valence-electron chi connectivity index (χ3n) is 4.62. The summed E-state index contributed by atoms with van der Waals surface area (Å²) < 4.78 is 39.6. The number of hydrogen-bond acceptors (Lipinski definition) is 2. The largest absolute Gasteiger partial charge is 0.416 e. The van der Waals surface area contributed by atoms with E-state index in [9.17, 15) is 22.8 Å². The Morgan fingerprint density at radius 1 is 1.00 bits per heavy atom. The SMILES string of the molecule is CC[C@]1(c2ccccc2)NC(=O)N(Cc2ccccc2C(F)(F)F)C1=O. The van der Waals surface area contributed by atoms with Gasteiger partial charge in [-0.05, 0) is 23.6 Å². The van der Waals surface area contributed by atoms with Gasteiger partial charge >= 0.3 is 12.2 Å². The highest BCUT2D eigenvalue weighted by atomic mass is 19.4. The minimum absolute atomic E-state index is 0.122. The number of imide groups is 1. The molecule has 1 aliphatic rings. The molecule has 26 heavy (non-hydrogen) atoms. The molecule has 3 rings (SSSR count). The Balaban J connectivity index is 1.97. The van der Waals surface area contributed by atoms with Gasteiger partial charge in [-0.3, -0.25) is 9.69 Å². The fourth-order valence-electron chi connectivity index (χ4n) is 3.24. The minimum Gasteiger partial charge on any atom is -0.319 e. The van der Waals surface area contributed by atoms with Gasteiger partial charge in [-0.25, -0.2) is 4.79 Å². The number of rotatable bonds is 4. The quantitative estimate of drug-likeness (QED) is 0.834. The Labute approximate surface area is 148 Å². The smallest absolute Gasteiger partial charge is 0.319 e. The maximum Gasteiger partial charge on any atom is 0.416 e. The van der Waals surface area contributed by atoms with E-state index in [2.05, 4.69) is 5.32 Å². The summed E-state index contributed by atoms with van der Waals surface area (Å²) in [5, 5.41) is 2.67. The van der Waals surface area contributed by atoms with Crippen molar-refractivity contribution in [3.8, 4) is 0 Å². The van der Waals surface area contributed by atoms with Crippen molar-refractivity contribution in [1.82, 2.24) is 10.2 Å². The van der Waals surface area contributed by atoms with Crippen molar-refractivity contribution in [2.24, 2.45) is 0 Å². The molecule has 0 saturated carbocycles. The molecule has 0 aromatic heterocycles. The van der Waals surface area contributed by atoms with Crippen LogP contribution in [0.5, 0.6) is 0 Å². The molecule has 1 aliphatic heterocycles. The van der Waals surface area contributed by atoms with Crippen molar-refractivity contribution in [2.75, 3.05) is 0 Å². The average molecular weight is 362 g/mol. The average Bonchev–Trinajstić information content (AvgIpc) is 2.87. The van der Waals surface area contributed by atoms with Crippen LogP contribution in [0.25, 0.3) is 0 Å². The molecule has 1 heterocycles. The first-order chi connectivity index (χ1) is 12.3. The van der Waals surface area contributed by atoms with Gasteiger partial charge in [0, 0.05) is 0 Å². The number of urea groups is 1. The van der Waals surface area contributed by atoms with Crippen LogP contribution in [-0.4, -0.2) is 16.8 Å². The molecule has 3 amide bonds. The topological polar surface area (TPSA) is 49.4 Å². The molecule has 0 aliphatic carbocycles. The summed E-state index contributed by atoms with van der Waals surface area (Å²) in [5.74, 6) is -0.548. The zero-order chi connectivity index (χ0) is 18.9. The van der Waals surface area contributed by atoms with Crippen molar-refractivity contribution >= 4 is 11.9 Å². The number of carbonyl (C=O) groups is 2. The second-order valence-corrected chi connectivity index (χ2v) is 6.10. The lowest BCUT2D eigenvalue weighted by Crippen LogP contribution is -2.43. The molecule has 7 heteroatoms. The minimum atomic E-state index is -4.56. The van der Waals surface area contributed by atoms with Gasteiger partial charge in [0.25, 0.3) is 5.91 Å². The van der Waals surface area contributed by atoms with Crippen molar-refractivity contribution in [3.05, 3.63) is 71.3 Å². The van der Waals surface area contributed by atoms with Crippen molar-refractivity contribution in [2.45, 2.75) is 31.6 Å². The number of halogens is 3. The van der Waals surface area contributed by atoms with Gasteiger partial charge < -0.3 is 5.32 Å². The van der Waals surface area contributed by atoms with Crippen LogP contribution in [0.15, 0.2) is 54.6 Å². The molecule has 0 spiro atoms. The first-order valence-electron chi connectivity index (χ1n) is 8.14. The third-order valence-corrected chi connectivity index (χ3v) is 4.62. The number of hydrogen-bond donors (Lipinski definition) is 1. The van der Waals surface area contributed by atoms with Gasteiger partial charge in [0.15, 0.2) is 0 Å². The lowest BCUT2D eigenvalue weighted by atomic mass is 9.87. The van der Waals surface area contributed by atoms with Crippen LogP contribution in [-0.2, 0) is 23.1 Å².